The van der Waals surface area contributed by atoms with Crippen molar-refractivity contribution in [2.75, 3.05) is 7.11 Å². The van der Waals surface area contributed by atoms with E-state index in [1.165, 1.54) is 5.56 Å². The molecule has 0 heterocycles. The first kappa shape index (κ1) is 13.5. The molecule has 0 aromatic heterocycles. The van der Waals surface area contributed by atoms with Crippen LogP contribution in [0.5, 0.6) is 5.75 Å². The van der Waals surface area contributed by atoms with E-state index >= 15 is 0 Å². The molecule has 0 amide bonds. The average Bonchev–Trinajstić information content (AvgIpc) is 2.29. The van der Waals surface area contributed by atoms with Crippen LogP contribution in [-0.2, 0) is 11.2 Å². The van der Waals surface area contributed by atoms with Gasteiger partial charge in [0.2, 0.25) is 0 Å². The van der Waals surface area contributed by atoms with Gasteiger partial charge in [-0.05, 0) is 18.1 Å². The molecule has 1 aromatic carbocycles. The van der Waals surface area contributed by atoms with Crippen LogP contribution in [0.2, 0.25) is 0 Å². The Kier molecular flexibility index (Phi) is 7.06. The lowest BCUT2D eigenvalue weighted by Crippen LogP contribution is -1.88. The molecule has 1 N–H and O–H groups in total. The number of aliphatic carboxylic acids is 1. The first-order valence-electron chi connectivity index (χ1n) is 4.99. The van der Waals surface area contributed by atoms with Gasteiger partial charge in [0.15, 0.2) is 0 Å². The summed E-state index contributed by atoms with van der Waals surface area (Å²) >= 11 is 0. The molecular formula is C12H18O3. The zero-order valence-electron chi connectivity index (χ0n) is 9.49. The topological polar surface area (TPSA) is 46.5 Å². The van der Waals surface area contributed by atoms with Crippen LogP contribution in [0.15, 0.2) is 24.3 Å². The number of carboxylic acid groups (broad SMARTS) is 1. The molecule has 3 nitrogen and oxygen atoms in total. The Bertz CT molecular complexity index is 272. The van der Waals surface area contributed by atoms with Gasteiger partial charge in [-0.15, -0.1) is 0 Å². The molecule has 1 aromatic rings. The number of hydrogen-bond acceptors (Lipinski definition) is 2. The molecule has 0 saturated carbocycles. The fraction of sp³-hybridized carbons (Fsp3) is 0.417. The summed E-state index contributed by atoms with van der Waals surface area (Å²) in [4.78, 5) is 9.37. The second-order valence-corrected chi connectivity index (χ2v) is 2.91. The van der Waals surface area contributed by atoms with Crippen molar-refractivity contribution in [1.29, 1.82) is 0 Å². The zero-order chi connectivity index (χ0) is 11.7. The van der Waals surface area contributed by atoms with Crippen LogP contribution in [0.3, 0.4) is 0 Å². The highest BCUT2D eigenvalue weighted by atomic mass is 16.5. The fourth-order valence-electron chi connectivity index (χ4n) is 0.995. The van der Waals surface area contributed by atoms with E-state index in [0.29, 0.717) is 0 Å². The van der Waals surface area contributed by atoms with E-state index in [4.69, 9.17) is 9.84 Å². The number of carbonyl (C=O) groups is 1. The monoisotopic (exact) mass is 210 g/mol. The predicted molar refractivity (Wildman–Crippen MR) is 60.3 cm³/mol. The molecule has 1 rings (SSSR count). The van der Waals surface area contributed by atoms with Crippen molar-refractivity contribution in [3.63, 3.8) is 0 Å². The van der Waals surface area contributed by atoms with Crippen LogP contribution in [0.1, 0.15) is 25.8 Å². The third kappa shape index (κ3) is 5.73. The molecule has 84 valence electrons. The number of methoxy groups -OCH3 is 1. The van der Waals surface area contributed by atoms with E-state index in [-0.39, 0.29) is 6.42 Å². The second kappa shape index (κ2) is 7.85. The summed E-state index contributed by atoms with van der Waals surface area (Å²) in [5.41, 5.74) is 1.27. The van der Waals surface area contributed by atoms with Gasteiger partial charge in [0.05, 0.1) is 7.11 Å². The molecule has 0 fully saturated rings. The van der Waals surface area contributed by atoms with Gasteiger partial charge in [-0.3, -0.25) is 4.79 Å². The molecule has 0 bridgehead atoms. The van der Waals surface area contributed by atoms with Crippen LogP contribution in [0, 0.1) is 0 Å². The lowest BCUT2D eigenvalue weighted by Gasteiger charge is -2.03. The minimum Gasteiger partial charge on any atom is -0.496 e. The molecular weight excluding hydrogens is 192 g/mol. The van der Waals surface area contributed by atoms with Crippen molar-refractivity contribution < 1.29 is 14.6 Å². The Balaban J connectivity index is 0.000000336. The molecule has 0 spiro atoms. The van der Waals surface area contributed by atoms with Gasteiger partial charge in [0, 0.05) is 6.42 Å². The van der Waals surface area contributed by atoms with Crippen molar-refractivity contribution in [3.8, 4) is 5.75 Å². The maximum absolute atomic E-state index is 9.37. The van der Waals surface area contributed by atoms with Gasteiger partial charge in [0.1, 0.15) is 5.75 Å². The van der Waals surface area contributed by atoms with Crippen LogP contribution in [0.4, 0.5) is 0 Å². The summed E-state index contributed by atoms with van der Waals surface area (Å²) in [6, 6.07) is 8.08. The third-order valence-corrected chi connectivity index (χ3v) is 1.88. The Morgan fingerprint density at radius 2 is 1.87 bits per heavy atom. The zero-order valence-corrected chi connectivity index (χ0v) is 9.49. The van der Waals surface area contributed by atoms with Gasteiger partial charge < -0.3 is 9.84 Å². The highest BCUT2D eigenvalue weighted by Crippen LogP contribution is 2.16. The number of aryl methyl sites for hydroxylation is 1. The molecule has 15 heavy (non-hydrogen) atoms. The van der Waals surface area contributed by atoms with Crippen molar-refractivity contribution in [3.05, 3.63) is 29.8 Å². The van der Waals surface area contributed by atoms with Gasteiger partial charge in [-0.1, -0.05) is 32.0 Å². The number of hydrogen-bond donors (Lipinski definition) is 1. The fourth-order valence-corrected chi connectivity index (χ4v) is 0.995. The first-order chi connectivity index (χ1) is 7.15. The van der Waals surface area contributed by atoms with E-state index < -0.39 is 5.97 Å². The van der Waals surface area contributed by atoms with Crippen LogP contribution in [-0.4, -0.2) is 18.2 Å². The Morgan fingerprint density at radius 3 is 2.20 bits per heavy atom. The first-order valence-corrected chi connectivity index (χ1v) is 4.99. The lowest BCUT2D eigenvalue weighted by molar-refractivity contribution is -0.136. The van der Waals surface area contributed by atoms with E-state index in [1.54, 1.807) is 14.0 Å². The highest BCUT2D eigenvalue weighted by molar-refractivity contribution is 5.66. The van der Waals surface area contributed by atoms with Crippen LogP contribution >= 0.6 is 0 Å². The molecule has 3 heteroatoms. The van der Waals surface area contributed by atoms with Crippen LogP contribution < -0.4 is 4.74 Å². The SMILES string of the molecule is CCC(=O)O.CCc1ccccc1OC. The van der Waals surface area contributed by atoms with Crippen molar-refractivity contribution in [2.45, 2.75) is 26.7 Å². The highest BCUT2D eigenvalue weighted by Gasteiger charge is 1.95. The van der Waals surface area contributed by atoms with Crippen molar-refractivity contribution >= 4 is 5.97 Å². The van der Waals surface area contributed by atoms with Crippen molar-refractivity contribution in [1.82, 2.24) is 0 Å². The minimum absolute atomic E-state index is 0.222. The van der Waals surface area contributed by atoms with Crippen molar-refractivity contribution in [2.24, 2.45) is 0 Å². The van der Waals surface area contributed by atoms with Gasteiger partial charge in [-0.25, -0.2) is 0 Å². The molecule has 0 aliphatic carbocycles. The summed E-state index contributed by atoms with van der Waals surface area (Å²) in [5, 5.41) is 7.72. The number of carboxylic acids is 1. The summed E-state index contributed by atoms with van der Waals surface area (Å²) in [5.74, 6) is 0.245. The molecule has 0 atom stereocenters. The Morgan fingerprint density at radius 1 is 1.33 bits per heavy atom. The average molecular weight is 210 g/mol. The maximum atomic E-state index is 9.37. The van der Waals surface area contributed by atoms with Gasteiger partial charge in [-0.2, -0.15) is 0 Å². The summed E-state index contributed by atoms with van der Waals surface area (Å²) < 4.78 is 5.14. The number of rotatable bonds is 3. The molecule has 0 unspecified atom stereocenters. The summed E-state index contributed by atoms with van der Waals surface area (Å²) in [7, 11) is 1.70. The van der Waals surface area contributed by atoms with Crippen LogP contribution in [0.25, 0.3) is 0 Å². The predicted octanol–water partition coefficient (Wildman–Crippen LogP) is 2.74. The third-order valence-electron chi connectivity index (χ3n) is 1.88. The lowest BCUT2D eigenvalue weighted by atomic mass is 10.1. The summed E-state index contributed by atoms with van der Waals surface area (Å²) in [6.07, 6.45) is 1.25. The van der Waals surface area contributed by atoms with Gasteiger partial charge in [0.25, 0.3) is 0 Å². The van der Waals surface area contributed by atoms with E-state index in [0.717, 1.165) is 12.2 Å². The van der Waals surface area contributed by atoms with Gasteiger partial charge >= 0.3 is 5.97 Å². The molecule has 0 aliphatic rings. The smallest absolute Gasteiger partial charge is 0.303 e. The number of benzene rings is 1. The Hall–Kier alpha value is -1.51. The maximum Gasteiger partial charge on any atom is 0.303 e. The molecule has 0 radical (unpaired) electrons. The standard InChI is InChI=1S/C9H12O.C3H6O2/c1-3-8-6-4-5-7-9(8)10-2;1-2-3(4)5/h4-7H,3H2,1-2H3;2H2,1H3,(H,4,5). The van der Waals surface area contributed by atoms with E-state index in [9.17, 15) is 4.79 Å². The Labute approximate surface area is 90.7 Å². The normalized spacial score (nSPS) is 8.73. The molecule has 0 saturated heterocycles. The number of ether oxygens (including phenoxy) is 1. The quantitative estimate of drug-likeness (QED) is 0.834. The second-order valence-electron chi connectivity index (χ2n) is 2.91. The van der Waals surface area contributed by atoms with E-state index in [2.05, 4.69) is 13.0 Å². The van der Waals surface area contributed by atoms with E-state index in [1.807, 2.05) is 18.2 Å². The molecule has 0 aliphatic heterocycles. The minimum atomic E-state index is -0.745. The largest absolute Gasteiger partial charge is 0.496 e. The summed E-state index contributed by atoms with van der Waals surface area (Å²) in [6.45, 7) is 3.72. The number of para-hydroxylation sites is 1.